The van der Waals surface area contributed by atoms with Gasteiger partial charge in [-0.1, -0.05) is 52.9 Å². The van der Waals surface area contributed by atoms with Gasteiger partial charge < -0.3 is 0 Å². The first-order chi connectivity index (χ1) is 8.51. The summed E-state index contributed by atoms with van der Waals surface area (Å²) >= 11 is 6.72. The van der Waals surface area contributed by atoms with Gasteiger partial charge in [0.15, 0.2) is 0 Å². The van der Waals surface area contributed by atoms with E-state index in [1.165, 1.54) is 57.8 Å². The van der Waals surface area contributed by atoms with Gasteiger partial charge in [0.05, 0.1) is 0 Å². The molecule has 0 nitrogen and oxygen atoms in total. The van der Waals surface area contributed by atoms with E-state index in [1.54, 1.807) is 0 Å². The molecule has 18 heavy (non-hydrogen) atoms. The van der Waals surface area contributed by atoms with E-state index in [2.05, 4.69) is 20.8 Å². The molecule has 2 saturated carbocycles. The van der Waals surface area contributed by atoms with Crippen molar-refractivity contribution < 1.29 is 0 Å². The fourth-order valence-corrected chi connectivity index (χ4v) is 5.23. The van der Waals surface area contributed by atoms with Crippen LogP contribution in [0.5, 0.6) is 0 Å². The highest BCUT2D eigenvalue weighted by atomic mass is 35.5. The molecule has 2 aliphatic rings. The van der Waals surface area contributed by atoms with E-state index >= 15 is 0 Å². The molecule has 0 saturated heterocycles. The summed E-state index contributed by atoms with van der Waals surface area (Å²) in [4.78, 5) is 0. The van der Waals surface area contributed by atoms with Crippen LogP contribution in [0.1, 0.15) is 78.6 Å². The van der Waals surface area contributed by atoms with Gasteiger partial charge in [0.2, 0.25) is 0 Å². The van der Waals surface area contributed by atoms with Crippen molar-refractivity contribution in [3.8, 4) is 0 Å². The van der Waals surface area contributed by atoms with E-state index < -0.39 is 0 Å². The molecule has 0 radical (unpaired) electrons. The smallest absolute Gasteiger partial charge is 0.0372 e. The number of hydrogen-bond acceptors (Lipinski definition) is 0. The third-order valence-electron chi connectivity index (χ3n) is 5.90. The lowest BCUT2D eigenvalue weighted by molar-refractivity contribution is 0.0656. The van der Waals surface area contributed by atoms with Crippen LogP contribution in [0.4, 0.5) is 0 Å². The molecule has 106 valence electrons. The van der Waals surface area contributed by atoms with Gasteiger partial charge in [-0.3, -0.25) is 0 Å². The van der Waals surface area contributed by atoms with Gasteiger partial charge in [-0.05, 0) is 48.9 Å². The van der Waals surface area contributed by atoms with Gasteiger partial charge in [-0.15, -0.1) is 11.6 Å². The zero-order chi connectivity index (χ0) is 13.2. The molecule has 0 aromatic carbocycles. The molecule has 0 aromatic rings. The molecule has 0 heterocycles. The first kappa shape index (κ1) is 14.7. The summed E-state index contributed by atoms with van der Waals surface area (Å²) in [6, 6.07) is 0. The molecule has 2 rings (SSSR count). The Bertz CT molecular complexity index is 250. The van der Waals surface area contributed by atoms with E-state index in [1.807, 2.05) is 0 Å². The Kier molecular flexibility index (Phi) is 5.03. The van der Waals surface area contributed by atoms with Crippen molar-refractivity contribution in [3.05, 3.63) is 0 Å². The average Bonchev–Trinajstić information content (AvgIpc) is 2.57. The molecule has 2 fully saturated rings. The highest BCUT2D eigenvalue weighted by Gasteiger charge is 2.42. The van der Waals surface area contributed by atoms with Crippen LogP contribution in [-0.4, -0.2) is 5.38 Å². The molecule has 3 unspecified atom stereocenters. The number of hydrogen-bond donors (Lipinski definition) is 0. The van der Waals surface area contributed by atoms with E-state index in [9.17, 15) is 0 Å². The lowest BCUT2D eigenvalue weighted by atomic mass is 9.61. The Balaban J connectivity index is 2.03. The topological polar surface area (TPSA) is 0 Å². The summed E-state index contributed by atoms with van der Waals surface area (Å²) < 4.78 is 0. The Hall–Kier alpha value is 0.290. The van der Waals surface area contributed by atoms with Crippen molar-refractivity contribution >= 4 is 11.6 Å². The standard InChI is InChI=1S/C17H31Cl/c1-13-10-11-15(16(18)12-13)17(2,3)14-8-6-4-5-7-9-14/h13-16H,4-12H2,1-3H3. The predicted octanol–water partition coefficient (Wildman–Crippen LogP) is 6.03. The van der Waals surface area contributed by atoms with Crippen LogP contribution in [0.25, 0.3) is 0 Å². The maximum atomic E-state index is 6.72. The predicted molar refractivity (Wildman–Crippen MR) is 81.1 cm³/mol. The van der Waals surface area contributed by atoms with Crippen molar-refractivity contribution in [2.45, 2.75) is 83.9 Å². The second-order valence-electron chi connectivity index (χ2n) is 7.55. The van der Waals surface area contributed by atoms with Crippen molar-refractivity contribution in [1.29, 1.82) is 0 Å². The lowest BCUT2D eigenvalue weighted by Crippen LogP contribution is -2.40. The summed E-state index contributed by atoms with van der Waals surface area (Å²) in [7, 11) is 0. The van der Waals surface area contributed by atoms with Crippen LogP contribution in [0, 0.1) is 23.2 Å². The largest absolute Gasteiger partial charge is 0.123 e. The molecular formula is C17H31Cl. The quantitative estimate of drug-likeness (QED) is 0.425. The number of alkyl halides is 1. The van der Waals surface area contributed by atoms with Crippen LogP contribution >= 0.6 is 11.6 Å². The number of halogens is 1. The molecule has 0 aliphatic heterocycles. The summed E-state index contributed by atoms with van der Waals surface area (Å²) in [6.45, 7) is 7.39. The third kappa shape index (κ3) is 3.24. The van der Waals surface area contributed by atoms with Gasteiger partial charge in [0, 0.05) is 5.38 Å². The minimum absolute atomic E-state index is 0.423. The maximum Gasteiger partial charge on any atom is 0.0372 e. The van der Waals surface area contributed by atoms with Gasteiger partial charge in [0.1, 0.15) is 0 Å². The highest BCUT2D eigenvalue weighted by molar-refractivity contribution is 6.20. The summed E-state index contributed by atoms with van der Waals surface area (Å²) in [6.07, 6.45) is 12.7. The van der Waals surface area contributed by atoms with Crippen LogP contribution in [0.15, 0.2) is 0 Å². The normalized spacial score (nSPS) is 36.3. The van der Waals surface area contributed by atoms with Crippen LogP contribution < -0.4 is 0 Å². The monoisotopic (exact) mass is 270 g/mol. The highest BCUT2D eigenvalue weighted by Crippen LogP contribution is 2.50. The van der Waals surface area contributed by atoms with Gasteiger partial charge in [-0.2, -0.15) is 0 Å². The molecular weight excluding hydrogens is 240 g/mol. The minimum Gasteiger partial charge on any atom is -0.123 e. The second kappa shape index (κ2) is 6.16. The van der Waals surface area contributed by atoms with E-state index in [4.69, 9.17) is 11.6 Å². The average molecular weight is 271 g/mol. The summed E-state index contributed by atoms with van der Waals surface area (Å²) in [5, 5.41) is 0.423. The Morgan fingerprint density at radius 1 is 0.889 bits per heavy atom. The number of rotatable bonds is 2. The summed E-state index contributed by atoms with van der Waals surface area (Å²) in [5.41, 5.74) is 0.455. The fraction of sp³-hybridized carbons (Fsp3) is 1.00. The molecule has 3 atom stereocenters. The molecule has 0 bridgehead atoms. The molecule has 0 N–H and O–H groups in total. The summed E-state index contributed by atoms with van der Waals surface area (Å²) in [5.74, 6) is 2.51. The SMILES string of the molecule is CC1CCC(C(C)(C)C2CCCCCC2)C(Cl)C1. The fourth-order valence-electron chi connectivity index (χ4n) is 4.48. The van der Waals surface area contributed by atoms with E-state index in [0.717, 1.165) is 17.8 Å². The van der Waals surface area contributed by atoms with E-state index in [-0.39, 0.29) is 0 Å². The maximum absolute atomic E-state index is 6.72. The zero-order valence-corrected chi connectivity index (χ0v) is 13.3. The minimum atomic E-state index is 0.423. The molecule has 0 amide bonds. The van der Waals surface area contributed by atoms with Gasteiger partial charge >= 0.3 is 0 Å². The van der Waals surface area contributed by atoms with Crippen molar-refractivity contribution in [2.24, 2.45) is 23.2 Å². The Morgan fingerprint density at radius 2 is 1.50 bits per heavy atom. The lowest BCUT2D eigenvalue weighted by Gasteiger charge is -2.46. The van der Waals surface area contributed by atoms with E-state index in [0.29, 0.717) is 10.8 Å². The van der Waals surface area contributed by atoms with Crippen LogP contribution in [0.2, 0.25) is 0 Å². The third-order valence-corrected chi connectivity index (χ3v) is 6.38. The van der Waals surface area contributed by atoms with Gasteiger partial charge in [0.25, 0.3) is 0 Å². The van der Waals surface area contributed by atoms with Crippen molar-refractivity contribution in [3.63, 3.8) is 0 Å². The van der Waals surface area contributed by atoms with Crippen molar-refractivity contribution in [1.82, 2.24) is 0 Å². The second-order valence-corrected chi connectivity index (χ2v) is 8.11. The zero-order valence-electron chi connectivity index (χ0n) is 12.6. The van der Waals surface area contributed by atoms with Gasteiger partial charge in [-0.25, -0.2) is 0 Å². The van der Waals surface area contributed by atoms with Crippen LogP contribution in [-0.2, 0) is 0 Å². The molecule has 0 aromatic heterocycles. The first-order valence-corrected chi connectivity index (χ1v) is 8.59. The van der Waals surface area contributed by atoms with Crippen LogP contribution in [0.3, 0.4) is 0 Å². The molecule has 0 spiro atoms. The Morgan fingerprint density at radius 3 is 2.06 bits per heavy atom. The molecule has 1 heteroatoms. The Labute approximate surface area is 119 Å². The van der Waals surface area contributed by atoms with Crippen molar-refractivity contribution in [2.75, 3.05) is 0 Å². The first-order valence-electron chi connectivity index (χ1n) is 8.16. The molecule has 2 aliphatic carbocycles.